The van der Waals surface area contributed by atoms with Crippen molar-refractivity contribution in [3.05, 3.63) is 70.7 Å². The van der Waals surface area contributed by atoms with E-state index in [0.29, 0.717) is 43.9 Å². The van der Waals surface area contributed by atoms with E-state index in [1.54, 1.807) is 0 Å². The number of carbonyl (C=O) groups is 1. The molecule has 1 aliphatic heterocycles. The number of nitrogens with one attached hydrogen (secondary N) is 1. The smallest absolute Gasteiger partial charge is 0.314 e. The molecule has 37 heavy (non-hydrogen) atoms. The normalized spacial score (nSPS) is 17.4. The van der Waals surface area contributed by atoms with Crippen molar-refractivity contribution in [2.75, 3.05) is 13.2 Å². The average Bonchev–Trinajstić information content (AvgIpc) is 3.37. The summed E-state index contributed by atoms with van der Waals surface area (Å²) < 4.78 is 34.3. The first kappa shape index (κ1) is 29.9. The van der Waals surface area contributed by atoms with E-state index in [4.69, 9.17) is 25.8 Å². The molecule has 6 nitrogen and oxygen atoms in total. The minimum Gasteiger partial charge on any atom is -0.598 e. The van der Waals surface area contributed by atoms with Crippen LogP contribution in [0.3, 0.4) is 0 Å². The lowest BCUT2D eigenvalue weighted by Crippen LogP contribution is -2.55. The van der Waals surface area contributed by atoms with Crippen LogP contribution in [0.2, 0.25) is 5.02 Å². The van der Waals surface area contributed by atoms with Gasteiger partial charge in [0, 0.05) is 28.4 Å². The number of carbonyl (C=O) groups excluding carboxylic acids is 1. The van der Waals surface area contributed by atoms with Crippen molar-refractivity contribution in [3.63, 3.8) is 0 Å². The summed E-state index contributed by atoms with van der Waals surface area (Å²) in [7, 11) is 0. The average molecular weight is 550 g/mol. The van der Waals surface area contributed by atoms with Crippen LogP contribution >= 0.6 is 11.6 Å². The van der Waals surface area contributed by atoms with E-state index in [1.165, 1.54) is 0 Å². The van der Waals surface area contributed by atoms with Crippen molar-refractivity contribution in [2.24, 2.45) is 5.41 Å². The monoisotopic (exact) mass is 549 g/mol. The van der Waals surface area contributed by atoms with Crippen LogP contribution in [0.15, 0.2) is 54.6 Å². The van der Waals surface area contributed by atoms with Crippen LogP contribution in [-0.2, 0) is 42.8 Å². The second-order valence-corrected chi connectivity index (χ2v) is 12.9. The van der Waals surface area contributed by atoms with Crippen molar-refractivity contribution in [2.45, 2.75) is 83.5 Å². The number of benzene rings is 2. The summed E-state index contributed by atoms with van der Waals surface area (Å²) in [4.78, 5) is 13.7. The van der Waals surface area contributed by atoms with Gasteiger partial charge in [-0.2, -0.15) is 0 Å². The van der Waals surface area contributed by atoms with Crippen LogP contribution in [0.4, 0.5) is 0 Å². The van der Waals surface area contributed by atoms with Gasteiger partial charge in [-0.1, -0.05) is 67.9 Å². The molecule has 1 saturated heterocycles. The Balaban J connectivity index is 1.90. The van der Waals surface area contributed by atoms with E-state index >= 15 is 0 Å². The van der Waals surface area contributed by atoms with Gasteiger partial charge in [0.05, 0.1) is 24.7 Å². The molecule has 204 valence electrons. The van der Waals surface area contributed by atoms with E-state index < -0.39 is 33.4 Å². The zero-order valence-electron chi connectivity index (χ0n) is 22.6. The lowest BCUT2D eigenvalue weighted by atomic mass is 9.73. The van der Waals surface area contributed by atoms with Gasteiger partial charge in [-0.25, -0.2) is 0 Å². The predicted molar refractivity (Wildman–Crippen MR) is 148 cm³/mol. The van der Waals surface area contributed by atoms with Gasteiger partial charge in [0.15, 0.2) is 5.79 Å². The van der Waals surface area contributed by atoms with Gasteiger partial charge in [-0.15, -0.1) is 4.72 Å². The predicted octanol–water partition coefficient (Wildman–Crippen LogP) is 6.29. The molecule has 1 unspecified atom stereocenters. The Morgan fingerprint density at radius 3 is 2.32 bits per heavy atom. The van der Waals surface area contributed by atoms with Gasteiger partial charge in [-0.05, 0) is 57.7 Å². The summed E-state index contributed by atoms with van der Waals surface area (Å²) in [5.41, 5.74) is 0.870. The van der Waals surface area contributed by atoms with E-state index in [9.17, 15) is 9.35 Å². The van der Waals surface area contributed by atoms with Crippen LogP contribution in [0, 0.1) is 5.41 Å². The first-order valence-electron chi connectivity index (χ1n) is 13.0. The lowest BCUT2D eigenvalue weighted by molar-refractivity contribution is -0.176. The third kappa shape index (κ3) is 7.28. The summed E-state index contributed by atoms with van der Waals surface area (Å²) in [6.45, 7) is 10.8. The number of esters is 1. The molecule has 0 aromatic heterocycles. The third-order valence-corrected chi connectivity index (χ3v) is 8.98. The highest BCUT2D eigenvalue weighted by atomic mass is 35.5. The van der Waals surface area contributed by atoms with Gasteiger partial charge >= 0.3 is 5.97 Å². The topological polar surface area (TPSA) is 79.9 Å². The second kappa shape index (κ2) is 13.0. The fourth-order valence-electron chi connectivity index (χ4n) is 4.76. The van der Waals surface area contributed by atoms with E-state index in [-0.39, 0.29) is 12.6 Å². The highest BCUT2D eigenvalue weighted by molar-refractivity contribution is 7.90. The van der Waals surface area contributed by atoms with Crippen LogP contribution in [0.25, 0.3) is 0 Å². The third-order valence-electron chi connectivity index (χ3n) is 7.13. The Labute approximate surface area is 229 Å². The van der Waals surface area contributed by atoms with Gasteiger partial charge in [0.2, 0.25) is 0 Å². The number of hydrogen-bond donors (Lipinski definition) is 1. The molecule has 0 saturated carbocycles. The zero-order valence-corrected chi connectivity index (χ0v) is 24.1. The van der Waals surface area contributed by atoms with E-state index in [1.807, 2.05) is 89.2 Å². The minimum atomic E-state index is -1.40. The molecule has 0 spiro atoms. The molecule has 8 heteroatoms. The molecule has 0 amide bonds. The van der Waals surface area contributed by atoms with Crippen LogP contribution in [0.1, 0.15) is 71.4 Å². The molecule has 1 aliphatic rings. The lowest BCUT2D eigenvalue weighted by Gasteiger charge is -2.40. The largest absolute Gasteiger partial charge is 0.598 e. The molecule has 1 heterocycles. The van der Waals surface area contributed by atoms with Crippen LogP contribution in [0.5, 0.6) is 0 Å². The standard InChI is InChI=1S/C29H40ClNO5S/c1-6-28(7-2,26(32)34-21-22-12-9-8-10-13-22)25(31-37(33)27(3,4)5)16-17-29(35-18-19-36-29)23-14-11-15-24(30)20-23/h8-15,20,25,31H,6-7,16-19,21H2,1-5H3/t25-,37?/m1/s1. The second-order valence-electron chi connectivity index (χ2n) is 10.5. The number of hydrogen-bond acceptors (Lipinski definition) is 6. The Morgan fingerprint density at radius 1 is 1.11 bits per heavy atom. The summed E-state index contributed by atoms with van der Waals surface area (Å²) in [6, 6.07) is 16.7. The van der Waals surface area contributed by atoms with E-state index in [2.05, 4.69) is 4.72 Å². The number of halogens is 1. The Hall–Kier alpha value is -1.61. The number of ether oxygens (including phenoxy) is 3. The molecule has 1 fully saturated rings. The minimum absolute atomic E-state index is 0.190. The van der Waals surface area contributed by atoms with Crippen molar-refractivity contribution < 1.29 is 23.6 Å². The Kier molecular flexibility index (Phi) is 10.5. The summed E-state index contributed by atoms with van der Waals surface area (Å²) >= 11 is 4.89. The zero-order chi connectivity index (χ0) is 27.1. The Morgan fingerprint density at radius 2 is 1.76 bits per heavy atom. The van der Waals surface area contributed by atoms with Gasteiger partial charge in [0.25, 0.3) is 0 Å². The molecular formula is C29H40ClNO5S. The molecule has 0 bridgehead atoms. The fourth-order valence-corrected chi connectivity index (χ4v) is 5.91. The maximum atomic E-state index is 13.7. The van der Waals surface area contributed by atoms with Gasteiger partial charge in [0.1, 0.15) is 11.4 Å². The van der Waals surface area contributed by atoms with E-state index in [0.717, 1.165) is 11.1 Å². The molecule has 0 radical (unpaired) electrons. The van der Waals surface area contributed by atoms with Gasteiger partial charge < -0.3 is 18.8 Å². The summed E-state index contributed by atoms with van der Waals surface area (Å²) in [5.74, 6) is -1.27. The van der Waals surface area contributed by atoms with Crippen molar-refractivity contribution in [1.29, 1.82) is 0 Å². The fraction of sp³-hybridized carbons (Fsp3) is 0.552. The van der Waals surface area contributed by atoms with Crippen LogP contribution < -0.4 is 4.72 Å². The molecule has 2 aromatic rings. The number of rotatable bonds is 12. The SMILES string of the molecule is CCC(CC)(C(=O)OCc1ccccc1)[C@@H](CCC1(c2cccc(Cl)c2)OCCO1)N[S+]([O-])C(C)(C)C. The van der Waals surface area contributed by atoms with Crippen molar-refractivity contribution in [3.8, 4) is 0 Å². The van der Waals surface area contributed by atoms with Crippen molar-refractivity contribution >= 4 is 28.9 Å². The molecule has 2 aromatic carbocycles. The molecule has 1 N–H and O–H groups in total. The van der Waals surface area contributed by atoms with Crippen molar-refractivity contribution in [1.82, 2.24) is 4.72 Å². The summed E-state index contributed by atoms with van der Waals surface area (Å²) in [5, 5.41) is 0.598. The molecule has 2 atom stereocenters. The molecule has 0 aliphatic carbocycles. The highest BCUT2D eigenvalue weighted by Gasteiger charge is 2.49. The highest BCUT2D eigenvalue weighted by Crippen LogP contribution is 2.42. The Bertz CT molecular complexity index is 1000. The molecule has 3 rings (SSSR count). The molecular weight excluding hydrogens is 510 g/mol. The van der Waals surface area contributed by atoms with Crippen LogP contribution in [-0.4, -0.2) is 34.5 Å². The maximum Gasteiger partial charge on any atom is 0.314 e. The summed E-state index contributed by atoms with van der Waals surface area (Å²) in [6.07, 6.45) is 2.00. The first-order valence-corrected chi connectivity index (χ1v) is 14.5. The first-order chi connectivity index (χ1) is 17.6. The quantitative estimate of drug-likeness (QED) is 0.247. The van der Waals surface area contributed by atoms with Gasteiger partial charge in [-0.3, -0.25) is 4.79 Å². The maximum absolute atomic E-state index is 13.7.